The van der Waals surface area contributed by atoms with Gasteiger partial charge in [0.25, 0.3) is 0 Å². The molecule has 1 atom stereocenters. The van der Waals surface area contributed by atoms with Gasteiger partial charge in [-0.15, -0.1) is 0 Å². The maximum absolute atomic E-state index is 10.4. The second kappa shape index (κ2) is 5.68. The van der Waals surface area contributed by atoms with Crippen LogP contribution in [0.5, 0.6) is 0 Å². The number of aliphatic hydroxyl groups excluding tert-OH is 1. The Morgan fingerprint density at radius 2 is 1.90 bits per heavy atom. The van der Waals surface area contributed by atoms with Crippen molar-refractivity contribution in [2.75, 3.05) is 0 Å². The van der Waals surface area contributed by atoms with Crippen LogP contribution < -0.4 is 0 Å². The van der Waals surface area contributed by atoms with Gasteiger partial charge in [-0.25, -0.2) is 0 Å². The summed E-state index contributed by atoms with van der Waals surface area (Å²) in [5, 5.41) is 16.9. The minimum absolute atomic E-state index is 0.430. The van der Waals surface area contributed by atoms with Gasteiger partial charge in [0.1, 0.15) is 0 Å². The molecule has 0 aliphatic rings. The van der Waals surface area contributed by atoms with Crippen LogP contribution in [0, 0.1) is 0 Å². The van der Waals surface area contributed by atoms with E-state index in [1.807, 2.05) is 36.0 Å². The number of nitrogens with zero attached hydrogens (tertiary/aromatic N) is 2. The van der Waals surface area contributed by atoms with E-state index in [2.05, 4.69) is 5.10 Å². The summed E-state index contributed by atoms with van der Waals surface area (Å²) >= 11 is 11.9. The molecular weight excluding hydrogens is 307 g/mol. The lowest BCUT2D eigenvalue weighted by Gasteiger charge is -2.10. The van der Waals surface area contributed by atoms with Crippen molar-refractivity contribution >= 4 is 34.1 Å². The van der Waals surface area contributed by atoms with Gasteiger partial charge in [0, 0.05) is 18.9 Å². The van der Waals surface area contributed by atoms with E-state index in [9.17, 15) is 5.11 Å². The summed E-state index contributed by atoms with van der Waals surface area (Å²) in [6, 6.07) is 13.1. The molecule has 21 heavy (non-hydrogen) atoms. The van der Waals surface area contributed by atoms with Gasteiger partial charge in [0.2, 0.25) is 0 Å². The minimum Gasteiger partial charge on any atom is -0.388 e. The number of fused-ring (bicyclic) bond motifs is 1. The largest absolute Gasteiger partial charge is 0.388 e. The molecule has 0 aliphatic heterocycles. The minimum atomic E-state index is -0.668. The number of hydrogen-bond acceptors (Lipinski definition) is 2. The number of aliphatic hydroxyl groups is 1. The number of hydrogen-bond donors (Lipinski definition) is 1. The summed E-state index contributed by atoms with van der Waals surface area (Å²) in [6.07, 6.45) is -0.239. The highest BCUT2D eigenvalue weighted by Gasteiger charge is 2.15. The predicted molar refractivity (Wildman–Crippen MR) is 85.8 cm³/mol. The van der Waals surface area contributed by atoms with Crippen molar-refractivity contribution in [3.8, 4) is 0 Å². The zero-order chi connectivity index (χ0) is 15.0. The number of aromatic nitrogens is 2. The molecule has 0 amide bonds. The summed E-state index contributed by atoms with van der Waals surface area (Å²) in [7, 11) is 1.90. The molecule has 0 radical (unpaired) electrons. The topological polar surface area (TPSA) is 38.0 Å². The number of para-hydroxylation sites is 1. The van der Waals surface area contributed by atoms with Gasteiger partial charge in [-0.2, -0.15) is 5.10 Å². The SMILES string of the molecule is Cn1nc(CC(O)c2ccc(Cl)c(Cl)c2)c2ccccc21. The van der Waals surface area contributed by atoms with Crippen LogP contribution in [0.15, 0.2) is 42.5 Å². The molecule has 2 aromatic carbocycles. The number of benzene rings is 2. The fourth-order valence-electron chi connectivity index (χ4n) is 2.46. The fraction of sp³-hybridized carbons (Fsp3) is 0.188. The fourth-order valence-corrected chi connectivity index (χ4v) is 2.77. The molecule has 1 heterocycles. The van der Waals surface area contributed by atoms with Gasteiger partial charge in [0.15, 0.2) is 0 Å². The van der Waals surface area contributed by atoms with Crippen LogP contribution >= 0.6 is 23.2 Å². The summed E-state index contributed by atoms with van der Waals surface area (Å²) in [5.74, 6) is 0. The van der Waals surface area contributed by atoms with Crippen LogP contribution in [0.1, 0.15) is 17.4 Å². The first-order chi connectivity index (χ1) is 10.1. The Kier molecular flexibility index (Phi) is 3.89. The van der Waals surface area contributed by atoms with Crippen molar-refractivity contribution in [2.24, 2.45) is 7.05 Å². The molecule has 0 bridgehead atoms. The maximum Gasteiger partial charge on any atom is 0.0846 e. The van der Waals surface area contributed by atoms with Crippen LogP contribution in [-0.2, 0) is 13.5 Å². The Balaban J connectivity index is 1.92. The standard InChI is InChI=1S/C16H14Cl2N2O/c1-20-15-5-3-2-4-11(15)14(19-20)9-16(21)10-6-7-12(17)13(18)8-10/h2-8,16,21H,9H2,1H3. The first-order valence-corrected chi connectivity index (χ1v) is 7.35. The Morgan fingerprint density at radius 1 is 1.14 bits per heavy atom. The smallest absolute Gasteiger partial charge is 0.0846 e. The molecule has 3 aromatic rings. The van der Waals surface area contributed by atoms with E-state index in [4.69, 9.17) is 23.2 Å². The Hall–Kier alpha value is -1.55. The van der Waals surface area contributed by atoms with Crippen molar-refractivity contribution in [3.05, 3.63) is 63.8 Å². The lowest BCUT2D eigenvalue weighted by atomic mass is 10.0. The normalized spacial score (nSPS) is 12.8. The molecule has 1 N–H and O–H groups in total. The third kappa shape index (κ3) is 2.77. The second-order valence-corrected chi connectivity index (χ2v) is 5.80. The molecule has 0 saturated heterocycles. The third-order valence-corrected chi connectivity index (χ3v) is 4.29. The first-order valence-electron chi connectivity index (χ1n) is 6.60. The van der Waals surface area contributed by atoms with Crippen LogP contribution in [0.2, 0.25) is 10.0 Å². The zero-order valence-corrected chi connectivity index (χ0v) is 12.9. The Morgan fingerprint density at radius 3 is 2.67 bits per heavy atom. The highest BCUT2D eigenvalue weighted by atomic mass is 35.5. The van der Waals surface area contributed by atoms with Gasteiger partial charge in [-0.3, -0.25) is 4.68 Å². The summed E-state index contributed by atoms with van der Waals surface area (Å²) < 4.78 is 1.83. The third-order valence-electron chi connectivity index (χ3n) is 3.55. The predicted octanol–water partition coefficient (Wildman–Crippen LogP) is 4.16. The number of rotatable bonds is 3. The maximum atomic E-state index is 10.4. The molecule has 0 spiro atoms. The first kappa shape index (κ1) is 14.4. The van der Waals surface area contributed by atoms with Gasteiger partial charge >= 0.3 is 0 Å². The molecule has 3 nitrogen and oxygen atoms in total. The van der Waals surface area contributed by atoms with E-state index >= 15 is 0 Å². The number of halogens is 2. The molecule has 3 rings (SSSR count). The molecule has 1 unspecified atom stereocenters. The van der Waals surface area contributed by atoms with Crippen LogP contribution in [0.4, 0.5) is 0 Å². The Bertz CT molecular complexity index is 798. The molecule has 1 aromatic heterocycles. The van der Waals surface area contributed by atoms with E-state index in [1.165, 1.54) is 0 Å². The summed E-state index contributed by atoms with van der Waals surface area (Å²) in [6.45, 7) is 0. The lowest BCUT2D eigenvalue weighted by Crippen LogP contribution is -2.03. The van der Waals surface area contributed by atoms with Crippen molar-refractivity contribution in [3.63, 3.8) is 0 Å². The van der Waals surface area contributed by atoms with Crippen molar-refractivity contribution < 1.29 is 5.11 Å². The monoisotopic (exact) mass is 320 g/mol. The molecule has 108 valence electrons. The second-order valence-electron chi connectivity index (χ2n) is 4.98. The quantitative estimate of drug-likeness (QED) is 0.787. The van der Waals surface area contributed by atoms with Crippen molar-refractivity contribution in [1.29, 1.82) is 0 Å². The van der Waals surface area contributed by atoms with Gasteiger partial charge in [-0.1, -0.05) is 47.5 Å². The van der Waals surface area contributed by atoms with E-state index in [-0.39, 0.29) is 0 Å². The average Bonchev–Trinajstić information content (AvgIpc) is 2.79. The van der Waals surface area contributed by atoms with Crippen molar-refractivity contribution in [2.45, 2.75) is 12.5 Å². The van der Waals surface area contributed by atoms with E-state index in [0.717, 1.165) is 22.2 Å². The molecule has 0 fully saturated rings. The molecule has 0 saturated carbocycles. The highest BCUT2D eigenvalue weighted by molar-refractivity contribution is 6.42. The van der Waals surface area contributed by atoms with Crippen LogP contribution in [0.25, 0.3) is 10.9 Å². The van der Waals surface area contributed by atoms with Crippen LogP contribution in [-0.4, -0.2) is 14.9 Å². The molecule has 0 aliphatic carbocycles. The van der Waals surface area contributed by atoms with Gasteiger partial charge < -0.3 is 5.11 Å². The van der Waals surface area contributed by atoms with Gasteiger partial charge in [-0.05, 0) is 23.8 Å². The van der Waals surface area contributed by atoms with Gasteiger partial charge in [0.05, 0.1) is 27.4 Å². The average molecular weight is 321 g/mol. The van der Waals surface area contributed by atoms with Crippen molar-refractivity contribution in [1.82, 2.24) is 9.78 Å². The Labute approximate surface area is 132 Å². The van der Waals surface area contributed by atoms with E-state index < -0.39 is 6.10 Å². The van der Waals surface area contributed by atoms with E-state index in [1.54, 1.807) is 18.2 Å². The summed E-state index contributed by atoms with van der Waals surface area (Å²) in [4.78, 5) is 0. The lowest BCUT2D eigenvalue weighted by molar-refractivity contribution is 0.177. The highest BCUT2D eigenvalue weighted by Crippen LogP contribution is 2.28. The van der Waals surface area contributed by atoms with E-state index in [0.29, 0.717) is 16.5 Å². The molecule has 5 heteroatoms. The number of aryl methyl sites for hydroxylation is 1. The summed E-state index contributed by atoms with van der Waals surface area (Å²) in [5.41, 5.74) is 2.65. The zero-order valence-electron chi connectivity index (χ0n) is 11.4. The molecular formula is C16H14Cl2N2O. The van der Waals surface area contributed by atoms with Crippen LogP contribution in [0.3, 0.4) is 0 Å².